The van der Waals surface area contributed by atoms with Crippen molar-refractivity contribution in [3.8, 4) is 0 Å². The monoisotopic (exact) mass is 334 g/mol. The highest BCUT2D eigenvalue weighted by Crippen LogP contribution is 2.16. The summed E-state index contributed by atoms with van der Waals surface area (Å²) in [6.07, 6.45) is 0.865. The summed E-state index contributed by atoms with van der Waals surface area (Å²) < 4.78 is 13.2. The van der Waals surface area contributed by atoms with Crippen molar-refractivity contribution in [3.05, 3.63) is 51.2 Å². The average molecular weight is 334 g/mol. The van der Waals surface area contributed by atoms with E-state index in [9.17, 15) is 4.39 Å². The number of aliphatic imine (C=N–C) groups is 1. The van der Waals surface area contributed by atoms with Crippen LogP contribution in [0.25, 0.3) is 0 Å². The molecule has 0 saturated carbocycles. The smallest absolute Gasteiger partial charge is 0.191 e. The second kappa shape index (κ2) is 8.62. The predicted octanol–water partition coefficient (Wildman–Crippen LogP) is 3.20. The van der Waals surface area contributed by atoms with Gasteiger partial charge in [-0.3, -0.25) is 0 Å². The van der Waals surface area contributed by atoms with E-state index in [0.717, 1.165) is 41.7 Å². The third-order valence-electron chi connectivity index (χ3n) is 3.36. The van der Waals surface area contributed by atoms with Gasteiger partial charge in [0.1, 0.15) is 5.82 Å². The van der Waals surface area contributed by atoms with Gasteiger partial charge < -0.3 is 10.6 Å². The Bertz CT molecular complexity index is 647. The number of aryl methyl sites for hydroxylation is 2. The lowest BCUT2D eigenvalue weighted by molar-refractivity contribution is 0.625. The molecule has 0 bridgehead atoms. The van der Waals surface area contributed by atoms with E-state index in [0.29, 0.717) is 6.54 Å². The van der Waals surface area contributed by atoms with Gasteiger partial charge in [0.15, 0.2) is 5.96 Å². The van der Waals surface area contributed by atoms with Gasteiger partial charge in [0.25, 0.3) is 0 Å². The fraction of sp³-hybridized carbons (Fsp3) is 0.412. The number of guanidine groups is 1. The van der Waals surface area contributed by atoms with Crippen molar-refractivity contribution >= 4 is 17.3 Å². The van der Waals surface area contributed by atoms with Crippen LogP contribution in [0.15, 0.2) is 29.3 Å². The van der Waals surface area contributed by atoms with Crippen LogP contribution in [0, 0.1) is 19.7 Å². The number of hydrogen-bond donors (Lipinski definition) is 2. The number of aromatic nitrogens is 1. The summed E-state index contributed by atoms with van der Waals surface area (Å²) in [6, 6.07) is 6.52. The molecule has 4 nitrogen and oxygen atoms in total. The van der Waals surface area contributed by atoms with E-state index in [4.69, 9.17) is 0 Å². The summed E-state index contributed by atoms with van der Waals surface area (Å²) in [6.45, 7) is 8.14. The molecule has 6 heteroatoms. The molecule has 2 aromatic rings. The van der Waals surface area contributed by atoms with Crippen molar-refractivity contribution in [2.75, 3.05) is 13.1 Å². The molecule has 0 amide bonds. The molecule has 2 N–H and O–H groups in total. The molecule has 0 spiro atoms. The van der Waals surface area contributed by atoms with Gasteiger partial charge in [0.2, 0.25) is 0 Å². The second-order valence-corrected chi connectivity index (χ2v) is 6.54. The van der Waals surface area contributed by atoms with Crippen molar-refractivity contribution in [2.24, 2.45) is 4.99 Å². The summed E-state index contributed by atoms with van der Waals surface area (Å²) in [4.78, 5) is 10.3. The Balaban J connectivity index is 1.88. The Morgan fingerprint density at radius 3 is 2.78 bits per heavy atom. The minimum absolute atomic E-state index is 0.231. The van der Waals surface area contributed by atoms with Crippen LogP contribution in [0.1, 0.15) is 28.1 Å². The number of nitrogens with zero attached hydrogens (tertiary/aromatic N) is 2. The predicted molar refractivity (Wildman–Crippen MR) is 94.5 cm³/mol. The molecular formula is C17H23FN4S. The molecular weight excluding hydrogens is 311 g/mol. The van der Waals surface area contributed by atoms with Crippen LogP contribution in [0.2, 0.25) is 0 Å². The normalized spacial score (nSPS) is 11.6. The van der Waals surface area contributed by atoms with Crippen molar-refractivity contribution in [2.45, 2.75) is 33.7 Å². The average Bonchev–Trinajstić information content (AvgIpc) is 2.83. The van der Waals surface area contributed by atoms with Crippen LogP contribution >= 0.6 is 11.3 Å². The van der Waals surface area contributed by atoms with E-state index in [1.165, 1.54) is 17.0 Å². The Labute approximate surface area is 140 Å². The Hall–Kier alpha value is -1.95. The Morgan fingerprint density at radius 2 is 2.13 bits per heavy atom. The third kappa shape index (κ3) is 5.63. The molecule has 23 heavy (non-hydrogen) atoms. The lowest BCUT2D eigenvalue weighted by atomic mass is 10.2. The zero-order chi connectivity index (χ0) is 16.7. The number of hydrogen-bond acceptors (Lipinski definition) is 3. The number of halogens is 1. The van der Waals surface area contributed by atoms with Crippen molar-refractivity contribution in [3.63, 3.8) is 0 Å². The van der Waals surface area contributed by atoms with Gasteiger partial charge in [-0.05, 0) is 38.5 Å². The lowest BCUT2D eigenvalue weighted by Gasteiger charge is -2.10. The Kier molecular flexibility index (Phi) is 6.52. The number of benzene rings is 1. The molecule has 124 valence electrons. The fourth-order valence-electron chi connectivity index (χ4n) is 2.08. The topological polar surface area (TPSA) is 49.3 Å². The SMILES string of the molecule is CCNC(=NCc1cccc(F)c1)NCCc1nc(C)c(C)s1. The van der Waals surface area contributed by atoms with Crippen LogP contribution in [-0.2, 0) is 13.0 Å². The molecule has 0 aliphatic carbocycles. The number of rotatable bonds is 6. The summed E-state index contributed by atoms with van der Waals surface area (Å²) in [7, 11) is 0. The maximum absolute atomic E-state index is 13.2. The van der Waals surface area contributed by atoms with Crippen LogP contribution in [0.4, 0.5) is 4.39 Å². The summed E-state index contributed by atoms with van der Waals surface area (Å²) >= 11 is 1.74. The van der Waals surface area contributed by atoms with Gasteiger partial charge in [0.05, 0.1) is 17.2 Å². The molecule has 0 saturated heterocycles. The first-order valence-corrected chi connectivity index (χ1v) is 8.59. The van der Waals surface area contributed by atoms with Crippen LogP contribution in [0.3, 0.4) is 0 Å². The molecule has 1 aromatic heterocycles. The van der Waals surface area contributed by atoms with Crippen molar-refractivity contribution < 1.29 is 4.39 Å². The molecule has 0 unspecified atom stereocenters. The zero-order valence-corrected chi connectivity index (χ0v) is 14.6. The Morgan fingerprint density at radius 1 is 1.30 bits per heavy atom. The summed E-state index contributed by atoms with van der Waals surface area (Å²) in [5.74, 6) is 0.506. The zero-order valence-electron chi connectivity index (χ0n) is 13.8. The van der Waals surface area contributed by atoms with E-state index >= 15 is 0 Å². The fourth-order valence-corrected chi connectivity index (χ4v) is 3.01. The molecule has 1 aromatic carbocycles. The first-order chi connectivity index (χ1) is 11.1. The number of thiazole rings is 1. The molecule has 0 radical (unpaired) electrons. The van der Waals surface area contributed by atoms with Crippen LogP contribution < -0.4 is 10.6 Å². The van der Waals surface area contributed by atoms with Crippen LogP contribution in [0.5, 0.6) is 0 Å². The highest BCUT2D eigenvalue weighted by atomic mass is 32.1. The van der Waals surface area contributed by atoms with Crippen LogP contribution in [-0.4, -0.2) is 24.0 Å². The van der Waals surface area contributed by atoms with Gasteiger partial charge in [-0.25, -0.2) is 14.4 Å². The lowest BCUT2D eigenvalue weighted by Crippen LogP contribution is -2.38. The second-order valence-electron chi connectivity index (χ2n) is 5.25. The highest BCUT2D eigenvalue weighted by molar-refractivity contribution is 7.11. The van der Waals surface area contributed by atoms with E-state index < -0.39 is 0 Å². The first-order valence-electron chi connectivity index (χ1n) is 7.78. The molecule has 0 aliphatic heterocycles. The number of nitrogens with one attached hydrogen (secondary N) is 2. The largest absolute Gasteiger partial charge is 0.357 e. The minimum Gasteiger partial charge on any atom is -0.357 e. The van der Waals surface area contributed by atoms with Gasteiger partial charge >= 0.3 is 0 Å². The van der Waals surface area contributed by atoms with Gasteiger partial charge in [-0.15, -0.1) is 11.3 Å². The van der Waals surface area contributed by atoms with Gasteiger partial charge in [-0.1, -0.05) is 12.1 Å². The van der Waals surface area contributed by atoms with E-state index in [1.807, 2.05) is 19.9 Å². The third-order valence-corrected chi connectivity index (χ3v) is 4.49. The molecule has 0 atom stereocenters. The molecule has 0 fully saturated rings. The standard InChI is InChI=1S/C17H23FN4S/c1-4-19-17(21-11-14-6-5-7-15(18)10-14)20-9-8-16-22-12(2)13(3)23-16/h5-7,10H,4,8-9,11H2,1-3H3,(H2,19,20,21). The quantitative estimate of drug-likeness (QED) is 0.630. The molecule has 1 heterocycles. The molecule has 0 aliphatic rings. The van der Waals surface area contributed by atoms with E-state index in [2.05, 4.69) is 27.5 Å². The maximum atomic E-state index is 13.2. The maximum Gasteiger partial charge on any atom is 0.191 e. The summed E-state index contributed by atoms with van der Waals surface area (Å²) in [5, 5.41) is 7.63. The molecule has 2 rings (SSSR count). The van der Waals surface area contributed by atoms with Gasteiger partial charge in [0, 0.05) is 24.4 Å². The van der Waals surface area contributed by atoms with E-state index in [-0.39, 0.29) is 5.82 Å². The van der Waals surface area contributed by atoms with Crippen molar-refractivity contribution in [1.82, 2.24) is 15.6 Å². The highest BCUT2D eigenvalue weighted by Gasteiger charge is 2.04. The van der Waals surface area contributed by atoms with Gasteiger partial charge in [-0.2, -0.15) is 0 Å². The van der Waals surface area contributed by atoms with E-state index in [1.54, 1.807) is 17.4 Å². The summed E-state index contributed by atoms with van der Waals surface area (Å²) in [5.41, 5.74) is 1.96. The van der Waals surface area contributed by atoms with Crippen molar-refractivity contribution in [1.29, 1.82) is 0 Å². The minimum atomic E-state index is -0.231. The first kappa shape index (κ1) is 17.4.